The van der Waals surface area contributed by atoms with Crippen LogP contribution in [-0.4, -0.2) is 13.7 Å². The molecule has 0 saturated heterocycles. The molecule has 1 heterocycles. The van der Waals surface area contributed by atoms with Gasteiger partial charge in [-0.05, 0) is 65.0 Å². The molecule has 5 heteroatoms. The first-order valence-corrected chi connectivity index (χ1v) is 8.28. The van der Waals surface area contributed by atoms with Crippen molar-refractivity contribution in [1.82, 2.24) is 5.32 Å². The SMILES string of the molecule is CCNC(c1ccc(COC)o1)c1cc(Br)ccc1I. The molecular formula is C15H17BrINO2. The Morgan fingerprint density at radius 2 is 2.15 bits per heavy atom. The fourth-order valence-electron chi connectivity index (χ4n) is 2.07. The van der Waals surface area contributed by atoms with Crippen molar-refractivity contribution in [2.45, 2.75) is 19.6 Å². The van der Waals surface area contributed by atoms with Gasteiger partial charge in [-0.15, -0.1) is 0 Å². The van der Waals surface area contributed by atoms with Gasteiger partial charge in [0.25, 0.3) is 0 Å². The Labute approximate surface area is 141 Å². The largest absolute Gasteiger partial charge is 0.462 e. The molecule has 0 saturated carbocycles. The second kappa shape index (κ2) is 7.59. The van der Waals surface area contributed by atoms with Gasteiger partial charge in [-0.25, -0.2) is 0 Å². The molecule has 1 unspecified atom stereocenters. The van der Waals surface area contributed by atoms with E-state index < -0.39 is 0 Å². The molecular weight excluding hydrogens is 433 g/mol. The van der Waals surface area contributed by atoms with E-state index in [4.69, 9.17) is 9.15 Å². The minimum atomic E-state index is 0.0509. The number of rotatable bonds is 6. The van der Waals surface area contributed by atoms with Crippen LogP contribution in [0.25, 0.3) is 0 Å². The van der Waals surface area contributed by atoms with Crippen LogP contribution in [0.15, 0.2) is 39.2 Å². The standard InChI is InChI=1S/C15H17BrINO2/c1-3-18-15(12-8-10(16)4-6-13(12)17)14-7-5-11(20-14)9-19-2/h4-8,15,18H,3,9H2,1-2H3. The van der Waals surface area contributed by atoms with E-state index in [-0.39, 0.29) is 6.04 Å². The lowest BCUT2D eigenvalue weighted by atomic mass is 10.0. The molecule has 1 aromatic heterocycles. The minimum absolute atomic E-state index is 0.0509. The summed E-state index contributed by atoms with van der Waals surface area (Å²) in [5, 5.41) is 3.48. The Morgan fingerprint density at radius 1 is 1.35 bits per heavy atom. The maximum atomic E-state index is 5.88. The second-order valence-electron chi connectivity index (χ2n) is 4.39. The molecule has 2 aromatic rings. The van der Waals surface area contributed by atoms with Crippen LogP contribution in [0, 0.1) is 3.57 Å². The van der Waals surface area contributed by atoms with Crippen LogP contribution in [0.3, 0.4) is 0 Å². The molecule has 0 fully saturated rings. The topological polar surface area (TPSA) is 34.4 Å². The lowest BCUT2D eigenvalue weighted by Crippen LogP contribution is -2.22. The average molecular weight is 450 g/mol. The molecule has 1 atom stereocenters. The Bertz CT molecular complexity index is 571. The number of methoxy groups -OCH3 is 1. The third kappa shape index (κ3) is 3.84. The number of halogens is 2. The Hall–Kier alpha value is -0.370. The van der Waals surface area contributed by atoms with E-state index in [0.717, 1.165) is 22.5 Å². The van der Waals surface area contributed by atoms with Crippen molar-refractivity contribution in [3.05, 3.63) is 55.5 Å². The summed E-state index contributed by atoms with van der Waals surface area (Å²) in [6.07, 6.45) is 0. The highest BCUT2D eigenvalue weighted by molar-refractivity contribution is 14.1. The number of hydrogen-bond acceptors (Lipinski definition) is 3. The first kappa shape index (κ1) is 16.0. The maximum Gasteiger partial charge on any atom is 0.129 e. The average Bonchev–Trinajstić information content (AvgIpc) is 2.88. The van der Waals surface area contributed by atoms with Crippen molar-refractivity contribution in [1.29, 1.82) is 0 Å². The predicted molar refractivity (Wildman–Crippen MR) is 91.8 cm³/mol. The molecule has 0 aliphatic rings. The van der Waals surface area contributed by atoms with Crippen LogP contribution in [0.1, 0.15) is 30.0 Å². The van der Waals surface area contributed by atoms with Crippen LogP contribution in [-0.2, 0) is 11.3 Å². The van der Waals surface area contributed by atoms with Gasteiger partial charge in [0.15, 0.2) is 0 Å². The predicted octanol–water partition coefficient (Wildman–Crippen LogP) is 4.49. The van der Waals surface area contributed by atoms with Crippen molar-refractivity contribution in [3.63, 3.8) is 0 Å². The van der Waals surface area contributed by atoms with Crippen LogP contribution < -0.4 is 5.32 Å². The summed E-state index contributed by atoms with van der Waals surface area (Å²) in [6, 6.07) is 10.3. The second-order valence-corrected chi connectivity index (χ2v) is 6.47. The van der Waals surface area contributed by atoms with Gasteiger partial charge >= 0.3 is 0 Å². The lowest BCUT2D eigenvalue weighted by molar-refractivity contribution is 0.162. The van der Waals surface area contributed by atoms with Gasteiger partial charge < -0.3 is 14.5 Å². The van der Waals surface area contributed by atoms with Crippen molar-refractivity contribution < 1.29 is 9.15 Å². The third-order valence-corrected chi connectivity index (χ3v) is 4.41. The van der Waals surface area contributed by atoms with E-state index in [1.54, 1.807) is 7.11 Å². The summed E-state index contributed by atoms with van der Waals surface area (Å²) in [7, 11) is 1.67. The highest BCUT2D eigenvalue weighted by Crippen LogP contribution is 2.30. The molecule has 108 valence electrons. The van der Waals surface area contributed by atoms with Crippen molar-refractivity contribution in [2.24, 2.45) is 0 Å². The monoisotopic (exact) mass is 449 g/mol. The zero-order valence-corrected chi connectivity index (χ0v) is 15.2. The minimum Gasteiger partial charge on any atom is -0.462 e. The van der Waals surface area contributed by atoms with Crippen molar-refractivity contribution >= 4 is 38.5 Å². The van der Waals surface area contributed by atoms with Gasteiger partial charge in [0.2, 0.25) is 0 Å². The Balaban J connectivity index is 2.36. The first-order valence-electron chi connectivity index (χ1n) is 6.41. The number of ether oxygens (including phenoxy) is 1. The molecule has 1 N–H and O–H groups in total. The molecule has 0 aliphatic carbocycles. The van der Waals surface area contributed by atoms with E-state index in [0.29, 0.717) is 6.61 Å². The summed E-state index contributed by atoms with van der Waals surface area (Å²) in [5.41, 5.74) is 1.21. The van der Waals surface area contributed by atoms with Gasteiger partial charge in [0, 0.05) is 15.2 Å². The maximum absolute atomic E-state index is 5.88. The van der Waals surface area contributed by atoms with Gasteiger partial charge in [-0.1, -0.05) is 22.9 Å². The van der Waals surface area contributed by atoms with Gasteiger partial charge in [-0.3, -0.25) is 0 Å². The van der Waals surface area contributed by atoms with E-state index in [9.17, 15) is 0 Å². The highest BCUT2D eigenvalue weighted by atomic mass is 127. The van der Waals surface area contributed by atoms with E-state index >= 15 is 0 Å². The zero-order valence-electron chi connectivity index (χ0n) is 11.5. The first-order chi connectivity index (χ1) is 9.65. The van der Waals surface area contributed by atoms with E-state index in [1.165, 1.54) is 9.13 Å². The molecule has 0 bridgehead atoms. The fourth-order valence-corrected chi connectivity index (χ4v) is 3.10. The van der Waals surface area contributed by atoms with Crippen molar-refractivity contribution in [3.8, 4) is 0 Å². The molecule has 1 aromatic carbocycles. The molecule has 3 nitrogen and oxygen atoms in total. The quantitative estimate of drug-likeness (QED) is 0.659. The summed E-state index contributed by atoms with van der Waals surface area (Å²) < 4.78 is 13.3. The summed E-state index contributed by atoms with van der Waals surface area (Å²) >= 11 is 5.89. The van der Waals surface area contributed by atoms with Crippen molar-refractivity contribution in [2.75, 3.05) is 13.7 Å². The smallest absolute Gasteiger partial charge is 0.129 e. The van der Waals surface area contributed by atoms with Crippen LogP contribution >= 0.6 is 38.5 Å². The number of nitrogens with one attached hydrogen (secondary N) is 1. The number of hydrogen-bond donors (Lipinski definition) is 1. The lowest BCUT2D eigenvalue weighted by Gasteiger charge is -2.18. The van der Waals surface area contributed by atoms with Gasteiger partial charge in [0.1, 0.15) is 18.1 Å². The summed E-state index contributed by atoms with van der Waals surface area (Å²) in [4.78, 5) is 0. The summed E-state index contributed by atoms with van der Waals surface area (Å²) in [5.74, 6) is 1.75. The van der Waals surface area contributed by atoms with Crippen LogP contribution in [0.2, 0.25) is 0 Å². The molecule has 0 amide bonds. The molecule has 0 radical (unpaired) electrons. The Morgan fingerprint density at radius 3 is 2.85 bits per heavy atom. The number of furan rings is 1. The van der Waals surface area contributed by atoms with Gasteiger partial charge in [-0.2, -0.15) is 0 Å². The van der Waals surface area contributed by atoms with E-state index in [2.05, 4.69) is 62.9 Å². The van der Waals surface area contributed by atoms with Crippen LogP contribution in [0.5, 0.6) is 0 Å². The number of benzene rings is 1. The third-order valence-electron chi connectivity index (χ3n) is 2.93. The Kier molecular flexibility index (Phi) is 6.07. The molecule has 0 spiro atoms. The van der Waals surface area contributed by atoms with E-state index in [1.807, 2.05) is 18.2 Å². The molecule has 2 rings (SSSR count). The van der Waals surface area contributed by atoms with Crippen LogP contribution in [0.4, 0.5) is 0 Å². The van der Waals surface area contributed by atoms with Gasteiger partial charge in [0.05, 0.1) is 6.04 Å². The highest BCUT2D eigenvalue weighted by Gasteiger charge is 2.19. The summed E-state index contributed by atoms with van der Waals surface area (Å²) in [6.45, 7) is 3.46. The molecule has 0 aliphatic heterocycles. The fraction of sp³-hybridized carbons (Fsp3) is 0.333. The zero-order chi connectivity index (χ0) is 14.5. The molecule has 20 heavy (non-hydrogen) atoms. The normalized spacial score (nSPS) is 12.6.